The molecule has 1 rings (SSSR count). The lowest BCUT2D eigenvalue weighted by Gasteiger charge is -2.31. The average Bonchev–Trinajstić information content (AvgIpc) is 2.30. The van der Waals surface area contributed by atoms with E-state index in [-0.39, 0.29) is 5.54 Å². The summed E-state index contributed by atoms with van der Waals surface area (Å²) in [6, 6.07) is 0. The van der Waals surface area contributed by atoms with Gasteiger partial charge in [-0.15, -0.1) is 11.6 Å². The number of halogens is 1. The van der Waals surface area contributed by atoms with Gasteiger partial charge in [-0.3, -0.25) is 4.90 Å². The third-order valence-electron chi connectivity index (χ3n) is 3.16. The Morgan fingerprint density at radius 1 is 1.40 bits per heavy atom. The Hall–Kier alpha value is 0.170. The first-order valence-electron chi connectivity index (χ1n) is 5.81. The first-order chi connectivity index (χ1) is 7.20. The summed E-state index contributed by atoms with van der Waals surface area (Å²) in [6.07, 6.45) is 1.07. The summed E-state index contributed by atoms with van der Waals surface area (Å²) in [5.41, 5.74) is 0.0911. The molecule has 1 heterocycles. The summed E-state index contributed by atoms with van der Waals surface area (Å²) in [5, 5.41) is 3.53. The molecule has 4 heteroatoms. The number of alkyl halides is 1. The van der Waals surface area contributed by atoms with Crippen molar-refractivity contribution in [2.45, 2.75) is 25.8 Å². The summed E-state index contributed by atoms with van der Waals surface area (Å²) < 4.78 is 5.31. The van der Waals surface area contributed by atoms with Gasteiger partial charge < -0.3 is 10.1 Å². The first-order valence-corrected chi connectivity index (χ1v) is 6.35. The summed E-state index contributed by atoms with van der Waals surface area (Å²) in [4.78, 5) is 2.43. The van der Waals surface area contributed by atoms with Gasteiger partial charge in [0.05, 0.1) is 13.2 Å². The molecule has 1 fully saturated rings. The molecule has 0 aromatic heterocycles. The molecule has 15 heavy (non-hydrogen) atoms. The van der Waals surface area contributed by atoms with Crippen LogP contribution in [0.5, 0.6) is 0 Å². The average molecular weight is 235 g/mol. The van der Waals surface area contributed by atoms with Crippen LogP contribution < -0.4 is 5.32 Å². The van der Waals surface area contributed by atoms with Crippen molar-refractivity contribution in [3.05, 3.63) is 0 Å². The monoisotopic (exact) mass is 234 g/mol. The van der Waals surface area contributed by atoms with E-state index in [4.69, 9.17) is 16.3 Å². The van der Waals surface area contributed by atoms with Crippen molar-refractivity contribution in [2.75, 3.05) is 45.3 Å². The Kier molecular flexibility index (Phi) is 5.90. The van der Waals surface area contributed by atoms with Gasteiger partial charge in [-0.25, -0.2) is 0 Å². The summed E-state index contributed by atoms with van der Waals surface area (Å²) in [7, 11) is 0. The van der Waals surface area contributed by atoms with Gasteiger partial charge in [0.25, 0.3) is 0 Å². The maximum Gasteiger partial charge on any atom is 0.0594 e. The predicted octanol–water partition coefficient (Wildman–Crippen LogP) is 1.32. The molecule has 0 aromatic rings. The van der Waals surface area contributed by atoms with E-state index in [9.17, 15) is 0 Å². The van der Waals surface area contributed by atoms with E-state index in [1.807, 2.05) is 0 Å². The second kappa shape index (κ2) is 6.69. The molecule has 0 saturated carbocycles. The number of hydrogen-bond acceptors (Lipinski definition) is 3. The zero-order valence-corrected chi connectivity index (χ0v) is 10.6. The highest BCUT2D eigenvalue weighted by atomic mass is 35.5. The molecule has 0 aliphatic carbocycles. The number of ether oxygens (including phenoxy) is 1. The molecule has 1 aliphatic heterocycles. The second-order valence-corrected chi connectivity index (χ2v) is 4.70. The number of rotatable bonds is 6. The van der Waals surface area contributed by atoms with Gasteiger partial charge in [-0.1, -0.05) is 6.92 Å². The number of nitrogens with zero attached hydrogens (tertiary/aromatic N) is 1. The molecule has 0 amide bonds. The van der Waals surface area contributed by atoms with Crippen LogP contribution in [0.1, 0.15) is 20.3 Å². The van der Waals surface area contributed by atoms with Crippen molar-refractivity contribution < 1.29 is 4.74 Å². The third-order valence-corrected chi connectivity index (χ3v) is 3.75. The molecule has 1 N–H and O–H groups in total. The lowest BCUT2D eigenvalue weighted by Crippen LogP contribution is -2.48. The molecule has 90 valence electrons. The van der Waals surface area contributed by atoms with Gasteiger partial charge in [-0.05, 0) is 13.3 Å². The van der Waals surface area contributed by atoms with Gasteiger partial charge >= 0.3 is 0 Å². The van der Waals surface area contributed by atoms with E-state index < -0.39 is 0 Å². The van der Waals surface area contributed by atoms with Crippen LogP contribution in [0, 0.1) is 0 Å². The first kappa shape index (κ1) is 13.2. The molecular formula is C11H23ClN2O. The molecular weight excluding hydrogens is 212 g/mol. The van der Waals surface area contributed by atoms with E-state index >= 15 is 0 Å². The molecule has 0 radical (unpaired) electrons. The van der Waals surface area contributed by atoms with E-state index in [0.29, 0.717) is 5.88 Å². The predicted molar refractivity (Wildman–Crippen MR) is 64.7 cm³/mol. The topological polar surface area (TPSA) is 24.5 Å². The zero-order chi connectivity index (χ0) is 11.1. The van der Waals surface area contributed by atoms with E-state index in [1.165, 1.54) is 0 Å². The lowest BCUT2D eigenvalue weighted by atomic mass is 10.0. The van der Waals surface area contributed by atoms with Crippen molar-refractivity contribution in [3.8, 4) is 0 Å². The van der Waals surface area contributed by atoms with Crippen molar-refractivity contribution in [1.82, 2.24) is 10.2 Å². The lowest BCUT2D eigenvalue weighted by molar-refractivity contribution is 0.0376. The quantitative estimate of drug-likeness (QED) is 0.702. The molecule has 1 saturated heterocycles. The molecule has 1 unspecified atom stereocenters. The number of nitrogens with one attached hydrogen (secondary N) is 1. The van der Waals surface area contributed by atoms with Crippen LogP contribution in [-0.4, -0.2) is 55.7 Å². The Labute approximate surface area is 98.1 Å². The fraction of sp³-hybridized carbons (Fsp3) is 1.00. The van der Waals surface area contributed by atoms with Gasteiger partial charge in [0.1, 0.15) is 0 Å². The third kappa shape index (κ3) is 4.68. The van der Waals surface area contributed by atoms with Crippen LogP contribution in [-0.2, 0) is 4.74 Å². The Morgan fingerprint density at radius 2 is 2.07 bits per heavy atom. The largest absolute Gasteiger partial charge is 0.379 e. The van der Waals surface area contributed by atoms with Crippen LogP contribution in [0.3, 0.4) is 0 Å². The van der Waals surface area contributed by atoms with E-state index in [0.717, 1.165) is 45.8 Å². The minimum atomic E-state index is 0.0911. The normalized spacial score (nSPS) is 22.6. The van der Waals surface area contributed by atoms with Gasteiger partial charge in [-0.2, -0.15) is 0 Å². The fourth-order valence-electron chi connectivity index (χ4n) is 1.61. The Morgan fingerprint density at radius 3 is 2.60 bits per heavy atom. The molecule has 0 aromatic carbocycles. The maximum atomic E-state index is 5.93. The smallest absolute Gasteiger partial charge is 0.0594 e. The van der Waals surface area contributed by atoms with Crippen LogP contribution in [0.4, 0.5) is 0 Å². The highest BCUT2D eigenvalue weighted by Gasteiger charge is 2.19. The Bertz CT molecular complexity index is 168. The molecule has 0 bridgehead atoms. The van der Waals surface area contributed by atoms with Crippen LogP contribution in [0.2, 0.25) is 0 Å². The number of morpholine rings is 1. The summed E-state index contributed by atoms with van der Waals surface area (Å²) >= 11 is 5.93. The van der Waals surface area contributed by atoms with Gasteiger partial charge in [0.15, 0.2) is 0 Å². The number of hydrogen-bond donors (Lipinski definition) is 1. The fourth-order valence-corrected chi connectivity index (χ4v) is 1.89. The van der Waals surface area contributed by atoms with Gasteiger partial charge in [0.2, 0.25) is 0 Å². The summed E-state index contributed by atoms with van der Waals surface area (Å²) in [5.74, 6) is 0.673. The van der Waals surface area contributed by atoms with Crippen molar-refractivity contribution in [3.63, 3.8) is 0 Å². The molecule has 1 atom stereocenters. The minimum absolute atomic E-state index is 0.0911. The SMILES string of the molecule is CCC(C)(CCl)NCCN1CCOCC1. The molecule has 1 aliphatic rings. The van der Waals surface area contributed by atoms with Crippen LogP contribution in [0.25, 0.3) is 0 Å². The van der Waals surface area contributed by atoms with E-state index in [1.54, 1.807) is 0 Å². The Balaban J connectivity index is 2.14. The van der Waals surface area contributed by atoms with Gasteiger partial charge in [0, 0.05) is 37.6 Å². The van der Waals surface area contributed by atoms with Crippen molar-refractivity contribution in [1.29, 1.82) is 0 Å². The summed E-state index contributed by atoms with van der Waals surface area (Å²) in [6.45, 7) is 10.3. The van der Waals surface area contributed by atoms with Crippen molar-refractivity contribution >= 4 is 11.6 Å². The van der Waals surface area contributed by atoms with E-state index in [2.05, 4.69) is 24.1 Å². The standard InChI is InChI=1S/C11H23ClN2O/c1-3-11(2,10-12)13-4-5-14-6-8-15-9-7-14/h13H,3-10H2,1-2H3. The van der Waals surface area contributed by atoms with Crippen LogP contribution in [0.15, 0.2) is 0 Å². The minimum Gasteiger partial charge on any atom is -0.379 e. The molecule has 3 nitrogen and oxygen atoms in total. The van der Waals surface area contributed by atoms with Crippen molar-refractivity contribution in [2.24, 2.45) is 0 Å². The molecule has 0 spiro atoms. The second-order valence-electron chi connectivity index (χ2n) is 4.43. The van der Waals surface area contributed by atoms with Crippen LogP contribution >= 0.6 is 11.6 Å². The highest BCUT2D eigenvalue weighted by Crippen LogP contribution is 2.10. The highest BCUT2D eigenvalue weighted by molar-refractivity contribution is 6.18. The zero-order valence-electron chi connectivity index (χ0n) is 9.89. The maximum absolute atomic E-state index is 5.93.